The van der Waals surface area contributed by atoms with Gasteiger partial charge < -0.3 is 21.1 Å². The van der Waals surface area contributed by atoms with Gasteiger partial charge in [-0.2, -0.15) is 0 Å². The van der Waals surface area contributed by atoms with E-state index < -0.39 is 17.9 Å². The zero-order valence-electron chi connectivity index (χ0n) is 12.2. The molecule has 1 aromatic rings. The molecule has 120 valence electrons. The first kappa shape index (κ1) is 16.2. The molecule has 0 aromatic heterocycles. The van der Waals surface area contributed by atoms with E-state index in [4.69, 9.17) is 10.5 Å². The number of carbonyl (C=O) groups excluding carboxylic acids is 2. The van der Waals surface area contributed by atoms with Crippen LogP contribution in [0.2, 0.25) is 0 Å². The fourth-order valence-corrected chi connectivity index (χ4v) is 2.46. The quantitative estimate of drug-likeness (QED) is 0.737. The second kappa shape index (κ2) is 7.74. The molecule has 0 aliphatic carbocycles. The van der Waals surface area contributed by atoms with Crippen LogP contribution in [-0.2, 0) is 9.53 Å². The maximum Gasteiger partial charge on any atom is 0.312 e. The number of rotatable bonds is 6. The van der Waals surface area contributed by atoms with Gasteiger partial charge in [0.2, 0.25) is 5.91 Å². The van der Waals surface area contributed by atoms with Crippen molar-refractivity contribution in [3.05, 3.63) is 35.6 Å². The molecule has 1 aromatic carbocycles. The maximum atomic E-state index is 13.8. The summed E-state index contributed by atoms with van der Waals surface area (Å²) in [5.74, 6) is -0.786. The number of hydrogen-bond acceptors (Lipinski definition) is 3. The average molecular weight is 309 g/mol. The molecule has 22 heavy (non-hydrogen) atoms. The summed E-state index contributed by atoms with van der Waals surface area (Å²) in [6.07, 6.45) is 1.84. The zero-order chi connectivity index (χ0) is 15.9. The van der Waals surface area contributed by atoms with Crippen LogP contribution in [0.3, 0.4) is 0 Å². The van der Waals surface area contributed by atoms with Crippen LogP contribution in [-0.4, -0.2) is 31.2 Å². The minimum atomic E-state index is -0.805. The van der Waals surface area contributed by atoms with Gasteiger partial charge >= 0.3 is 6.03 Å². The van der Waals surface area contributed by atoms with E-state index in [2.05, 4.69) is 10.6 Å². The highest BCUT2D eigenvalue weighted by atomic mass is 19.1. The first-order valence-corrected chi connectivity index (χ1v) is 7.25. The number of urea groups is 1. The van der Waals surface area contributed by atoms with Gasteiger partial charge in [0.1, 0.15) is 5.82 Å². The lowest BCUT2D eigenvalue weighted by Gasteiger charge is -2.19. The fraction of sp³-hybridized carbons (Fsp3) is 0.467. The minimum Gasteiger partial charge on any atom is -0.376 e. The van der Waals surface area contributed by atoms with Crippen LogP contribution < -0.4 is 16.4 Å². The minimum absolute atomic E-state index is 0.0277. The van der Waals surface area contributed by atoms with Gasteiger partial charge in [-0.25, -0.2) is 9.18 Å². The number of ether oxygens (including phenoxy) is 1. The molecule has 0 radical (unpaired) electrons. The third kappa shape index (κ3) is 4.70. The van der Waals surface area contributed by atoms with Crippen LogP contribution >= 0.6 is 0 Å². The molecule has 2 rings (SSSR count). The Balaban J connectivity index is 1.95. The smallest absolute Gasteiger partial charge is 0.312 e. The molecular formula is C15H20FN3O3. The van der Waals surface area contributed by atoms with Crippen LogP contribution in [0.5, 0.6) is 0 Å². The van der Waals surface area contributed by atoms with E-state index in [0.717, 1.165) is 12.8 Å². The van der Waals surface area contributed by atoms with Crippen LogP contribution in [0.4, 0.5) is 9.18 Å². The van der Waals surface area contributed by atoms with Crippen molar-refractivity contribution in [2.24, 2.45) is 5.73 Å². The van der Waals surface area contributed by atoms with E-state index in [1.54, 1.807) is 6.07 Å². The Labute approximate surface area is 128 Å². The second-order valence-corrected chi connectivity index (χ2v) is 5.23. The number of primary amides is 1. The van der Waals surface area contributed by atoms with Crippen molar-refractivity contribution in [3.63, 3.8) is 0 Å². The van der Waals surface area contributed by atoms with Crippen molar-refractivity contribution < 1.29 is 18.7 Å². The van der Waals surface area contributed by atoms with E-state index in [-0.39, 0.29) is 24.0 Å². The average Bonchev–Trinajstić information content (AvgIpc) is 2.98. The molecule has 3 amide bonds. The lowest BCUT2D eigenvalue weighted by molar-refractivity contribution is -0.122. The summed E-state index contributed by atoms with van der Waals surface area (Å²) in [6.45, 7) is 1.13. The van der Waals surface area contributed by atoms with Crippen LogP contribution in [0.15, 0.2) is 24.3 Å². The highest BCUT2D eigenvalue weighted by molar-refractivity contribution is 5.78. The molecule has 4 N–H and O–H groups in total. The second-order valence-electron chi connectivity index (χ2n) is 5.23. The van der Waals surface area contributed by atoms with Crippen molar-refractivity contribution >= 4 is 11.9 Å². The highest BCUT2D eigenvalue weighted by Gasteiger charge is 2.22. The van der Waals surface area contributed by atoms with Gasteiger partial charge in [0.05, 0.1) is 18.6 Å². The summed E-state index contributed by atoms with van der Waals surface area (Å²) in [7, 11) is 0. The van der Waals surface area contributed by atoms with Gasteiger partial charge in [-0.1, -0.05) is 18.2 Å². The van der Waals surface area contributed by atoms with Crippen molar-refractivity contribution in [2.75, 3.05) is 13.2 Å². The Hall–Kier alpha value is -2.15. The van der Waals surface area contributed by atoms with Crippen LogP contribution in [0, 0.1) is 5.82 Å². The summed E-state index contributed by atoms with van der Waals surface area (Å²) in [4.78, 5) is 23.1. The Morgan fingerprint density at radius 1 is 1.41 bits per heavy atom. The molecule has 2 atom stereocenters. The molecule has 2 unspecified atom stereocenters. The molecule has 0 bridgehead atoms. The summed E-state index contributed by atoms with van der Waals surface area (Å²) in [5, 5.41) is 5.14. The van der Waals surface area contributed by atoms with Gasteiger partial charge in [0, 0.05) is 18.7 Å². The molecular weight excluding hydrogens is 289 g/mol. The number of hydrogen-bond donors (Lipinski definition) is 3. The highest BCUT2D eigenvalue weighted by Crippen LogP contribution is 2.20. The molecule has 1 aliphatic heterocycles. The summed E-state index contributed by atoms with van der Waals surface area (Å²) in [5.41, 5.74) is 5.34. The predicted molar refractivity (Wildman–Crippen MR) is 78.5 cm³/mol. The van der Waals surface area contributed by atoms with Gasteiger partial charge in [0.25, 0.3) is 0 Å². The van der Waals surface area contributed by atoms with Crippen LogP contribution in [0.25, 0.3) is 0 Å². The molecule has 1 heterocycles. The summed E-state index contributed by atoms with van der Waals surface area (Å²) >= 11 is 0. The number of benzene rings is 1. The lowest BCUT2D eigenvalue weighted by Crippen LogP contribution is -2.38. The summed E-state index contributed by atoms with van der Waals surface area (Å²) < 4.78 is 19.2. The standard InChI is InChI=1S/C15H20FN3O3/c16-12-6-2-1-5-11(12)13(19-15(17)21)8-14(20)18-9-10-4-3-7-22-10/h1-2,5-6,10,13H,3-4,7-9H2,(H,18,20)(H3,17,19,21). The fourth-order valence-electron chi connectivity index (χ4n) is 2.46. The Kier molecular flexibility index (Phi) is 5.71. The van der Waals surface area contributed by atoms with Crippen molar-refractivity contribution in [1.82, 2.24) is 10.6 Å². The first-order valence-electron chi connectivity index (χ1n) is 7.25. The molecule has 6 nitrogen and oxygen atoms in total. The number of halogens is 1. The number of amides is 3. The van der Waals surface area contributed by atoms with Gasteiger partial charge in [-0.15, -0.1) is 0 Å². The van der Waals surface area contributed by atoms with Crippen molar-refractivity contribution in [3.8, 4) is 0 Å². The lowest BCUT2D eigenvalue weighted by atomic mass is 10.0. The monoisotopic (exact) mass is 309 g/mol. The van der Waals surface area contributed by atoms with Gasteiger partial charge in [0.15, 0.2) is 0 Å². The number of nitrogens with two attached hydrogens (primary N) is 1. The van der Waals surface area contributed by atoms with Crippen molar-refractivity contribution in [1.29, 1.82) is 0 Å². The van der Waals surface area contributed by atoms with E-state index >= 15 is 0 Å². The molecule has 0 saturated carbocycles. The molecule has 1 aliphatic rings. The molecule has 7 heteroatoms. The Morgan fingerprint density at radius 2 is 2.18 bits per heavy atom. The first-order chi connectivity index (χ1) is 10.6. The number of carbonyl (C=O) groups is 2. The van der Waals surface area contributed by atoms with E-state index in [1.165, 1.54) is 18.2 Å². The largest absolute Gasteiger partial charge is 0.376 e. The van der Waals surface area contributed by atoms with Crippen molar-refractivity contribution in [2.45, 2.75) is 31.4 Å². The van der Waals surface area contributed by atoms with Gasteiger partial charge in [-0.05, 0) is 18.9 Å². The molecule has 0 spiro atoms. The summed E-state index contributed by atoms with van der Waals surface area (Å²) in [6, 6.07) is 4.36. The van der Waals surface area contributed by atoms with Crippen LogP contribution in [0.1, 0.15) is 30.9 Å². The molecule has 1 saturated heterocycles. The van der Waals surface area contributed by atoms with E-state index in [9.17, 15) is 14.0 Å². The zero-order valence-corrected chi connectivity index (χ0v) is 12.2. The SMILES string of the molecule is NC(=O)NC(CC(=O)NCC1CCCO1)c1ccccc1F. The van der Waals surface area contributed by atoms with E-state index in [0.29, 0.717) is 13.2 Å². The normalized spacial score (nSPS) is 18.7. The third-order valence-corrected chi connectivity index (χ3v) is 3.54. The predicted octanol–water partition coefficient (Wildman–Crippen LogP) is 1.22. The topological polar surface area (TPSA) is 93.5 Å². The van der Waals surface area contributed by atoms with Gasteiger partial charge in [-0.3, -0.25) is 4.79 Å². The Bertz CT molecular complexity index is 533. The van der Waals surface area contributed by atoms with E-state index in [1.807, 2.05) is 0 Å². The third-order valence-electron chi connectivity index (χ3n) is 3.54. The maximum absolute atomic E-state index is 13.8. The Morgan fingerprint density at radius 3 is 2.82 bits per heavy atom. The molecule has 1 fully saturated rings. The number of nitrogens with one attached hydrogen (secondary N) is 2.